The molecule has 1 N–H and O–H groups in total. The minimum atomic E-state index is -0.0708. The molecule has 22 heavy (non-hydrogen) atoms. The van der Waals surface area contributed by atoms with Gasteiger partial charge in [-0.2, -0.15) is 0 Å². The van der Waals surface area contributed by atoms with E-state index < -0.39 is 0 Å². The lowest BCUT2D eigenvalue weighted by molar-refractivity contribution is -0.117. The summed E-state index contributed by atoms with van der Waals surface area (Å²) < 4.78 is 0. The first kappa shape index (κ1) is 14.8. The summed E-state index contributed by atoms with van der Waals surface area (Å²) in [6.07, 6.45) is 0.764. The number of amides is 1. The van der Waals surface area contributed by atoms with Crippen LogP contribution in [0.2, 0.25) is 0 Å². The maximum Gasteiger partial charge on any atom is 0.232 e. The highest BCUT2D eigenvalue weighted by atomic mass is 16.2. The molecular formula is C20H23NO. The van der Waals surface area contributed by atoms with Crippen molar-refractivity contribution in [2.45, 2.75) is 46.0 Å². The van der Waals surface area contributed by atoms with E-state index in [1.165, 1.54) is 16.7 Å². The van der Waals surface area contributed by atoms with Gasteiger partial charge in [0.15, 0.2) is 0 Å². The zero-order chi connectivity index (χ0) is 15.9. The lowest BCUT2D eigenvalue weighted by Gasteiger charge is -2.12. The molecule has 1 heterocycles. The molecule has 0 aromatic heterocycles. The molecule has 0 saturated carbocycles. The largest absolute Gasteiger partial charge is 0.325 e. The van der Waals surface area contributed by atoms with Crippen molar-refractivity contribution < 1.29 is 4.79 Å². The second-order valence-corrected chi connectivity index (χ2v) is 6.69. The zero-order valence-corrected chi connectivity index (χ0v) is 13.7. The van der Waals surface area contributed by atoms with Gasteiger partial charge in [-0.1, -0.05) is 55.8 Å². The Morgan fingerprint density at radius 2 is 1.77 bits per heavy atom. The van der Waals surface area contributed by atoms with Gasteiger partial charge < -0.3 is 5.32 Å². The van der Waals surface area contributed by atoms with Crippen molar-refractivity contribution in [2.75, 3.05) is 5.32 Å². The number of carbonyl (C=O) groups is 1. The number of hydrogen-bond donors (Lipinski definition) is 1. The number of fused-ring (bicyclic) bond motifs is 1. The van der Waals surface area contributed by atoms with Gasteiger partial charge in [-0.05, 0) is 48.4 Å². The molecule has 1 amide bonds. The first-order chi connectivity index (χ1) is 10.5. The van der Waals surface area contributed by atoms with Crippen molar-refractivity contribution >= 4 is 11.6 Å². The summed E-state index contributed by atoms with van der Waals surface area (Å²) in [7, 11) is 0. The second kappa shape index (κ2) is 5.60. The average Bonchev–Trinajstić information content (AvgIpc) is 2.77. The first-order valence-electron chi connectivity index (χ1n) is 7.96. The van der Waals surface area contributed by atoms with Gasteiger partial charge in [0.05, 0.1) is 5.92 Å². The van der Waals surface area contributed by atoms with E-state index in [2.05, 4.69) is 69.4 Å². The molecule has 0 aliphatic carbocycles. The molecule has 1 aliphatic rings. The highest BCUT2D eigenvalue weighted by Gasteiger charge is 2.31. The number of hydrogen-bond acceptors (Lipinski definition) is 1. The van der Waals surface area contributed by atoms with Crippen molar-refractivity contribution in [3.8, 4) is 0 Å². The van der Waals surface area contributed by atoms with Crippen LogP contribution in [0, 0.1) is 13.8 Å². The highest BCUT2D eigenvalue weighted by Crippen LogP contribution is 2.37. The fourth-order valence-electron chi connectivity index (χ4n) is 3.27. The Morgan fingerprint density at radius 3 is 2.41 bits per heavy atom. The molecule has 1 aliphatic heterocycles. The highest BCUT2D eigenvalue weighted by molar-refractivity contribution is 6.04. The summed E-state index contributed by atoms with van der Waals surface area (Å²) in [4.78, 5) is 12.4. The Balaban J connectivity index is 1.89. The van der Waals surface area contributed by atoms with Gasteiger partial charge in [0, 0.05) is 5.69 Å². The topological polar surface area (TPSA) is 29.1 Å². The fourth-order valence-corrected chi connectivity index (χ4v) is 3.27. The van der Waals surface area contributed by atoms with Gasteiger partial charge in [0.1, 0.15) is 0 Å². The third kappa shape index (κ3) is 2.66. The molecule has 0 fully saturated rings. The minimum Gasteiger partial charge on any atom is -0.325 e. The van der Waals surface area contributed by atoms with Gasteiger partial charge in [-0.3, -0.25) is 4.79 Å². The zero-order valence-electron chi connectivity index (χ0n) is 13.7. The van der Waals surface area contributed by atoms with Crippen LogP contribution < -0.4 is 5.32 Å². The van der Waals surface area contributed by atoms with Crippen LogP contribution in [0.4, 0.5) is 5.69 Å². The predicted octanol–water partition coefficient (Wildman–Crippen LogP) is 4.71. The molecule has 2 nitrogen and oxygen atoms in total. The van der Waals surface area contributed by atoms with E-state index in [1.54, 1.807) is 0 Å². The monoisotopic (exact) mass is 293 g/mol. The minimum absolute atomic E-state index is 0.0708. The summed E-state index contributed by atoms with van der Waals surface area (Å²) in [6, 6.07) is 12.9. The smallest absolute Gasteiger partial charge is 0.232 e. The Kier molecular flexibility index (Phi) is 3.78. The van der Waals surface area contributed by atoms with Crippen molar-refractivity contribution in [2.24, 2.45) is 0 Å². The van der Waals surface area contributed by atoms with E-state index in [1.807, 2.05) is 0 Å². The van der Waals surface area contributed by atoms with Crippen LogP contribution in [-0.4, -0.2) is 5.91 Å². The third-order valence-electron chi connectivity index (χ3n) is 4.54. The normalized spacial score (nSPS) is 16.8. The van der Waals surface area contributed by atoms with Crippen molar-refractivity contribution in [3.05, 3.63) is 64.2 Å². The predicted molar refractivity (Wildman–Crippen MR) is 91.5 cm³/mol. The van der Waals surface area contributed by atoms with Crippen molar-refractivity contribution in [1.82, 2.24) is 0 Å². The lowest BCUT2D eigenvalue weighted by atomic mass is 9.90. The molecule has 0 spiro atoms. The molecule has 2 heteroatoms. The van der Waals surface area contributed by atoms with Gasteiger partial charge in [0.25, 0.3) is 0 Å². The first-order valence-corrected chi connectivity index (χ1v) is 7.96. The van der Waals surface area contributed by atoms with Gasteiger partial charge >= 0.3 is 0 Å². The van der Waals surface area contributed by atoms with E-state index >= 15 is 0 Å². The third-order valence-corrected chi connectivity index (χ3v) is 4.54. The van der Waals surface area contributed by atoms with E-state index in [0.29, 0.717) is 5.92 Å². The van der Waals surface area contributed by atoms with Crippen LogP contribution in [0.3, 0.4) is 0 Å². The van der Waals surface area contributed by atoms with E-state index in [-0.39, 0.29) is 11.8 Å². The number of aryl methyl sites for hydroxylation is 2. The molecule has 3 rings (SSSR count). The van der Waals surface area contributed by atoms with Gasteiger partial charge in [0.2, 0.25) is 5.91 Å². The van der Waals surface area contributed by atoms with E-state index in [9.17, 15) is 4.79 Å². The quantitative estimate of drug-likeness (QED) is 0.872. The maximum atomic E-state index is 12.4. The molecule has 114 valence electrons. The fraction of sp³-hybridized carbons (Fsp3) is 0.350. The number of anilines is 1. The van der Waals surface area contributed by atoms with Gasteiger partial charge in [-0.15, -0.1) is 0 Å². The van der Waals surface area contributed by atoms with Crippen LogP contribution in [0.25, 0.3) is 0 Å². The Hall–Kier alpha value is -2.09. The van der Waals surface area contributed by atoms with Crippen LogP contribution in [0.1, 0.15) is 53.5 Å². The standard InChI is InChI=1S/C20H23NO/c1-12(2)16-7-5-15(6-8-16)11-18-17-10-13(3)9-14(4)19(17)21-20(18)22/h5-10,12,18H,11H2,1-4H3,(H,21,22)/t18-/m1/s1. The molecule has 0 saturated heterocycles. The Labute approximate surface area is 132 Å². The summed E-state index contributed by atoms with van der Waals surface area (Å²) in [5.41, 5.74) is 7.09. The van der Waals surface area contributed by atoms with Crippen molar-refractivity contribution in [1.29, 1.82) is 0 Å². The van der Waals surface area contributed by atoms with Crippen LogP contribution in [-0.2, 0) is 11.2 Å². The van der Waals surface area contributed by atoms with Crippen LogP contribution >= 0.6 is 0 Å². The van der Waals surface area contributed by atoms with Crippen molar-refractivity contribution in [3.63, 3.8) is 0 Å². The summed E-state index contributed by atoms with van der Waals surface area (Å²) in [5, 5.41) is 3.05. The Morgan fingerprint density at radius 1 is 1.09 bits per heavy atom. The lowest BCUT2D eigenvalue weighted by Crippen LogP contribution is -2.14. The number of rotatable bonds is 3. The second-order valence-electron chi connectivity index (χ2n) is 6.69. The average molecular weight is 293 g/mol. The Bertz CT molecular complexity index is 713. The molecule has 2 aromatic carbocycles. The summed E-state index contributed by atoms with van der Waals surface area (Å²) in [6.45, 7) is 8.54. The summed E-state index contributed by atoms with van der Waals surface area (Å²) in [5.74, 6) is 0.588. The molecule has 0 radical (unpaired) electrons. The van der Waals surface area contributed by atoms with E-state index in [0.717, 1.165) is 23.2 Å². The molecular weight excluding hydrogens is 270 g/mol. The van der Waals surface area contributed by atoms with Crippen LogP contribution in [0.5, 0.6) is 0 Å². The molecule has 0 unspecified atom stereocenters. The molecule has 1 atom stereocenters. The van der Waals surface area contributed by atoms with Gasteiger partial charge in [-0.25, -0.2) is 0 Å². The van der Waals surface area contributed by atoms with E-state index in [4.69, 9.17) is 0 Å². The number of benzene rings is 2. The number of nitrogens with one attached hydrogen (secondary N) is 1. The SMILES string of the molecule is Cc1cc(C)c2c(c1)[C@@H](Cc1ccc(C(C)C)cc1)C(=O)N2. The maximum absolute atomic E-state index is 12.4. The molecule has 2 aromatic rings. The van der Waals surface area contributed by atoms with Crippen LogP contribution in [0.15, 0.2) is 36.4 Å². The summed E-state index contributed by atoms with van der Waals surface area (Å²) >= 11 is 0. The molecule has 0 bridgehead atoms. The number of carbonyl (C=O) groups excluding carboxylic acids is 1.